The zero-order valence-corrected chi connectivity index (χ0v) is 9.86. The van der Waals surface area contributed by atoms with Gasteiger partial charge in [-0.3, -0.25) is 0 Å². The second-order valence-electron chi connectivity index (χ2n) is 4.31. The first kappa shape index (κ1) is 11.3. The first-order chi connectivity index (χ1) is 5.75. The van der Waals surface area contributed by atoms with Crippen LogP contribution in [0.15, 0.2) is 0 Å². The van der Waals surface area contributed by atoms with Crippen molar-refractivity contribution in [3.05, 3.63) is 0 Å². The molecule has 0 radical (unpaired) electrons. The van der Waals surface area contributed by atoms with E-state index in [1.54, 1.807) is 20.8 Å². The van der Waals surface area contributed by atoms with E-state index in [-0.39, 0.29) is 5.25 Å². The normalized spacial score (nSPS) is 30.8. The van der Waals surface area contributed by atoms with Gasteiger partial charge in [-0.2, -0.15) is 12.6 Å². The third kappa shape index (κ3) is 2.19. The van der Waals surface area contributed by atoms with Gasteiger partial charge in [-0.1, -0.05) is 0 Å². The highest BCUT2D eigenvalue weighted by Gasteiger charge is 2.41. The van der Waals surface area contributed by atoms with Crippen LogP contribution in [-0.2, 0) is 14.6 Å². The van der Waals surface area contributed by atoms with Crippen molar-refractivity contribution < 1.29 is 13.2 Å². The van der Waals surface area contributed by atoms with Crippen LogP contribution in [0.3, 0.4) is 0 Å². The molecule has 78 valence electrons. The molecule has 1 saturated heterocycles. The average Bonchev–Trinajstić information content (AvgIpc) is 2.33. The third-order valence-electron chi connectivity index (χ3n) is 2.14. The maximum atomic E-state index is 11.8. The summed E-state index contributed by atoms with van der Waals surface area (Å²) in [7, 11) is -3.18. The summed E-state index contributed by atoms with van der Waals surface area (Å²) in [5.74, 6) is 0. The molecular weight excluding hydrogens is 208 g/mol. The topological polar surface area (TPSA) is 43.4 Å². The van der Waals surface area contributed by atoms with Crippen molar-refractivity contribution in [2.75, 3.05) is 6.61 Å². The van der Waals surface area contributed by atoms with Crippen molar-refractivity contribution in [3.63, 3.8) is 0 Å². The highest BCUT2D eigenvalue weighted by Crippen LogP contribution is 2.29. The second kappa shape index (κ2) is 3.44. The van der Waals surface area contributed by atoms with Crippen LogP contribution in [0.4, 0.5) is 0 Å². The first-order valence-electron chi connectivity index (χ1n) is 4.28. The van der Waals surface area contributed by atoms with E-state index < -0.39 is 20.0 Å². The fourth-order valence-electron chi connectivity index (χ4n) is 1.19. The summed E-state index contributed by atoms with van der Waals surface area (Å²) in [4.78, 5) is 0. The molecule has 2 unspecified atom stereocenters. The van der Waals surface area contributed by atoms with Crippen LogP contribution in [0, 0.1) is 0 Å². The predicted octanol–water partition coefficient (Wildman–Crippen LogP) is 1.24. The first-order valence-corrected chi connectivity index (χ1v) is 6.34. The monoisotopic (exact) mass is 224 g/mol. The zero-order valence-electron chi connectivity index (χ0n) is 8.15. The van der Waals surface area contributed by atoms with Gasteiger partial charge in [-0.15, -0.1) is 0 Å². The Morgan fingerprint density at radius 3 is 2.23 bits per heavy atom. The van der Waals surface area contributed by atoms with Gasteiger partial charge in [0.2, 0.25) is 0 Å². The maximum Gasteiger partial charge on any atom is 0.182 e. The second-order valence-corrected chi connectivity index (χ2v) is 7.88. The number of ether oxygens (including phenoxy) is 1. The number of hydrogen-bond acceptors (Lipinski definition) is 4. The number of sulfone groups is 1. The Balaban J connectivity index is 2.84. The van der Waals surface area contributed by atoms with Gasteiger partial charge < -0.3 is 4.74 Å². The molecule has 1 aliphatic heterocycles. The van der Waals surface area contributed by atoms with Crippen molar-refractivity contribution in [1.29, 1.82) is 0 Å². The minimum Gasteiger partial charge on any atom is -0.361 e. The molecule has 1 heterocycles. The summed E-state index contributed by atoms with van der Waals surface area (Å²) in [6, 6.07) is 0. The van der Waals surface area contributed by atoms with Gasteiger partial charge in [0.05, 0.1) is 11.4 Å². The molecule has 13 heavy (non-hydrogen) atoms. The van der Waals surface area contributed by atoms with Gasteiger partial charge in [0, 0.05) is 11.7 Å². The molecule has 0 bridgehead atoms. The summed E-state index contributed by atoms with van der Waals surface area (Å²) in [5.41, 5.74) is -0.657. The van der Waals surface area contributed by atoms with Gasteiger partial charge in [0.25, 0.3) is 0 Å². The number of thiol groups is 1. The molecule has 0 aromatic heterocycles. The molecule has 0 aliphatic carbocycles. The summed E-state index contributed by atoms with van der Waals surface area (Å²) in [6.45, 7) is 5.51. The molecule has 3 nitrogen and oxygen atoms in total. The Morgan fingerprint density at radius 2 is 1.92 bits per heavy atom. The quantitative estimate of drug-likeness (QED) is 0.682. The van der Waals surface area contributed by atoms with E-state index >= 15 is 0 Å². The molecule has 0 N–H and O–H groups in total. The molecular formula is C8H16O3S2. The van der Waals surface area contributed by atoms with E-state index in [4.69, 9.17) is 4.74 Å². The van der Waals surface area contributed by atoms with Crippen molar-refractivity contribution in [2.45, 2.75) is 42.6 Å². The minimum absolute atomic E-state index is 0.0575. The maximum absolute atomic E-state index is 11.8. The summed E-state index contributed by atoms with van der Waals surface area (Å²) >= 11 is 4.19. The lowest BCUT2D eigenvalue weighted by atomic mass is 10.3. The van der Waals surface area contributed by atoms with E-state index in [0.29, 0.717) is 13.0 Å². The van der Waals surface area contributed by atoms with Crippen LogP contribution in [0.5, 0.6) is 0 Å². The molecule has 0 aromatic rings. The standard InChI is InChI=1S/C8H16O3S2/c1-8(2,3)13(9,10)7-4-6(12)5-11-7/h6-7,12H,4-5H2,1-3H3. The number of rotatable bonds is 1. The van der Waals surface area contributed by atoms with Crippen LogP contribution in [-0.4, -0.2) is 30.5 Å². The predicted molar refractivity (Wildman–Crippen MR) is 55.8 cm³/mol. The van der Waals surface area contributed by atoms with Crippen molar-refractivity contribution in [2.24, 2.45) is 0 Å². The van der Waals surface area contributed by atoms with Gasteiger partial charge in [0.1, 0.15) is 0 Å². The van der Waals surface area contributed by atoms with Gasteiger partial charge >= 0.3 is 0 Å². The van der Waals surface area contributed by atoms with Crippen LogP contribution < -0.4 is 0 Å². The molecule has 5 heteroatoms. The molecule has 1 rings (SSSR count). The Morgan fingerprint density at radius 1 is 1.38 bits per heavy atom. The lowest BCUT2D eigenvalue weighted by Crippen LogP contribution is -2.37. The zero-order chi connectivity index (χ0) is 10.3. The largest absolute Gasteiger partial charge is 0.361 e. The molecule has 0 amide bonds. The van der Waals surface area contributed by atoms with Crippen molar-refractivity contribution >= 4 is 22.5 Å². The summed E-state index contributed by atoms with van der Waals surface area (Å²) in [6.07, 6.45) is 0.503. The Kier molecular flexibility index (Phi) is 3.00. The van der Waals surface area contributed by atoms with E-state index in [2.05, 4.69) is 12.6 Å². The lowest BCUT2D eigenvalue weighted by molar-refractivity contribution is 0.164. The Bertz CT molecular complexity index is 276. The number of hydrogen-bond donors (Lipinski definition) is 1. The molecule has 1 fully saturated rings. The summed E-state index contributed by atoms with van der Waals surface area (Å²) < 4.78 is 28.1. The van der Waals surface area contributed by atoms with Crippen LogP contribution >= 0.6 is 12.6 Å². The van der Waals surface area contributed by atoms with Crippen molar-refractivity contribution in [1.82, 2.24) is 0 Å². The smallest absolute Gasteiger partial charge is 0.182 e. The average molecular weight is 224 g/mol. The molecule has 0 aromatic carbocycles. The van der Waals surface area contributed by atoms with E-state index in [0.717, 1.165) is 0 Å². The minimum atomic E-state index is -3.18. The van der Waals surface area contributed by atoms with Gasteiger partial charge in [-0.25, -0.2) is 8.42 Å². The lowest BCUT2D eigenvalue weighted by Gasteiger charge is -2.23. The van der Waals surface area contributed by atoms with E-state index in [1.165, 1.54) is 0 Å². The molecule has 0 saturated carbocycles. The van der Waals surface area contributed by atoms with E-state index in [9.17, 15) is 8.42 Å². The van der Waals surface area contributed by atoms with E-state index in [1.807, 2.05) is 0 Å². The van der Waals surface area contributed by atoms with Crippen LogP contribution in [0.2, 0.25) is 0 Å². The molecule has 1 aliphatic rings. The fourth-order valence-corrected chi connectivity index (χ4v) is 3.14. The highest BCUT2D eigenvalue weighted by molar-refractivity contribution is 7.93. The highest BCUT2D eigenvalue weighted by atomic mass is 32.2. The van der Waals surface area contributed by atoms with Gasteiger partial charge in [0.15, 0.2) is 15.3 Å². The van der Waals surface area contributed by atoms with Gasteiger partial charge in [-0.05, 0) is 20.8 Å². The summed E-state index contributed by atoms with van der Waals surface area (Å²) in [5, 5.41) is 0.0575. The molecule has 0 spiro atoms. The third-order valence-corrected chi connectivity index (χ3v) is 5.23. The van der Waals surface area contributed by atoms with Crippen LogP contribution in [0.25, 0.3) is 0 Å². The van der Waals surface area contributed by atoms with Crippen molar-refractivity contribution in [3.8, 4) is 0 Å². The fraction of sp³-hybridized carbons (Fsp3) is 1.00. The molecule has 2 atom stereocenters. The van der Waals surface area contributed by atoms with Crippen LogP contribution in [0.1, 0.15) is 27.2 Å². The Labute approximate surface area is 85.2 Å². The Hall–Kier alpha value is 0.260. The SMILES string of the molecule is CC(C)(C)S(=O)(=O)C1CC(S)CO1.